The van der Waals surface area contributed by atoms with E-state index in [9.17, 15) is 0 Å². The zero-order valence-electron chi connectivity index (χ0n) is 44.2. The van der Waals surface area contributed by atoms with Crippen LogP contribution in [0.2, 0.25) is 0 Å². The Hall–Kier alpha value is -4.94. The second-order valence-electron chi connectivity index (χ2n) is 19.5. The molecule has 0 saturated heterocycles. The largest absolute Gasteiger partial charge is 0.226 e. The number of hydrogen-bond acceptors (Lipinski definition) is 0. The molecule has 12 aromatic carbocycles. The van der Waals surface area contributed by atoms with E-state index in [-0.39, 0.29) is 131 Å². The van der Waals surface area contributed by atoms with Gasteiger partial charge in [-0.05, 0) is 53.5 Å². The van der Waals surface area contributed by atoms with Crippen LogP contribution < -0.4 is 0 Å². The molecule has 4 aliphatic rings. The van der Waals surface area contributed by atoms with Crippen LogP contribution in [0, 0.1) is 48.5 Å². The summed E-state index contributed by atoms with van der Waals surface area (Å²) in [6, 6.07) is 111. The van der Waals surface area contributed by atoms with Gasteiger partial charge >= 0.3 is 0 Å². The second kappa shape index (κ2) is 27.9. The molecule has 0 aliphatic heterocycles. The van der Waals surface area contributed by atoms with Crippen molar-refractivity contribution in [3.8, 4) is 89.0 Å². The van der Waals surface area contributed by atoms with Crippen molar-refractivity contribution in [2.75, 3.05) is 0 Å². The predicted molar refractivity (Wildman–Crippen MR) is 311 cm³/mol. The van der Waals surface area contributed by atoms with Crippen LogP contribution in [-0.4, -0.2) is 0 Å². The van der Waals surface area contributed by atoms with Crippen LogP contribution in [0.5, 0.6) is 0 Å². The molecule has 12 aromatic rings. The van der Waals surface area contributed by atoms with Gasteiger partial charge in [0.2, 0.25) is 0 Å². The van der Waals surface area contributed by atoms with Crippen molar-refractivity contribution in [3.63, 3.8) is 0 Å². The number of hydrogen-bond donors (Lipinski definition) is 0. The van der Waals surface area contributed by atoms with Gasteiger partial charge in [0.25, 0.3) is 0 Å². The van der Waals surface area contributed by atoms with Gasteiger partial charge in [-0.15, -0.1) is 75.8 Å². The summed E-state index contributed by atoms with van der Waals surface area (Å²) in [6.45, 7) is 0. The van der Waals surface area contributed by atoms with Gasteiger partial charge in [0.05, 0.1) is 0 Å². The van der Waals surface area contributed by atoms with E-state index in [1.54, 1.807) is 0 Å². The minimum absolute atomic E-state index is 0. The first-order valence-electron chi connectivity index (χ1n) is 26.1. The van der Waals surface area contributed by atoms with Crippen LogP contribution in [0.4, 0.5) is 0 Å². The van der Waals surface area contributed by atoms with E-state index in [0.29, 0.717) is 0 Å². The van der Waals surface area contributed by atoms with E-state index >= 15 is 0 Å². The summed E-state index contributed by atoms with van der Waals surface area (Å²) in [5.74, 6) is 0. The third-order valence-electron chi connectivity index (χ3n) is 14.9. The molecular weight excluding hydrogens is 1270 g/mol. The summed E-state index contributed by atoms with van der Waals surface area (Å²) in [6.07, 6.45) is 4.05. The molecule has 0 amide bonds. The molecule has 0 saturated carbocycles. The average molecular weight is 1320 g/mol. The Labute approximate surface area is 573 Å². The maximum atomic E-state index is 3.57. The minimum Gasteiger partial charge on any atom is -0.226 e. The Morgan fingerprint density at radius 3 is 1.30 bits per heavy atom. The number of rotatable bonds is 4. The average Bonchev–Trinajstić information content (AvgIpc) is 4.29. The molecule has 0 aromatic heterocycles. The summed E-state index contributed by atoms with van der Waals surface area (Å²) in [7, 11) is 0. The molecule has 4 radical (unpaired) electrons. The van der Waals surface area contributed by atoms with Crippen LogP contribution in [0.1, 0.15) is 44.5 Å². The van der Waals surface area contributed by atoms with Crippen LogP contribution >= 0.6 is 0 Å². The maximum absolute atomic E-state index is 3.57. The Balaban J connectivity index is 0.000000127. The van der Waals surface area contributed by atoms with Gasteiger partial charge in [-0.2, -0.15) is 163 Å². The predicted octanol–water partition coefficient (Wildman–Crippen LogP) is 18.1. The van der Waals surface area contributed by atoms with E-state index in [0.717, 1.165) is 64.6 Å². The SMILES string of the molecule is [Y].[Y].[Y].[Y].[c-]1ccccc1-c1[c-]c2c(cc1)-c1ccccc1C2.[c-]1ccccc1-c1[c-]c2c(cc1)Cc1ccccc1-2.[c-]1ccccc1-c1[c-]cc2c(c1)-c1ccccc1C2.[c-]1ccccc1-c1[c-]ccc2c1Cc1ccccc1-2. The molecule has 0 unspecified atom stereocenters. The topological polar surface area (TPSA) is 0 Å². The first-order chi connectivity index (χ1) is 37.7. The molecule has 80 heavy (non-hydrogen) atoms. The minimum atomic E-state index is 0. The molecule has 0 nitrogen and oxygen atoms in total. The Morgan fingerprint density at radius 1 is 0.237 bits per heavy atom. The van der Waals surface area contributed by atoms with Crippen molar-refractivity contribution < 1.29 is 131 Å². The summed E-state index contributed by atoms with van der Waals surface area (Å²) < 4.78 is 0. The first kappa shape index (κ1) is 59.7. The molecule has 372 valence electrons. The third kappa shape index (κ3) is 12.8. The standard InChI is InChI=1S/4C19H12.4Y/c1-2-7-14(8-3-1)16-11-6-12-18-17-10-5-4-9-15(17)13-19(16)18;2*1-2-6-14(7-3-1)15-10-11-17-12-16-8-4-5-9-18(16)19(17)13-15;1-2-6-14(7-3-1)15-10-11-19-17(12-15)13-16-8-4-5-9-18(16)19;;;;/h1-7,9-10,12H,13H2;1-6,8-9,11,13H,12H2;1-6,8-11H,12H2;1-6,8-11H,13H2;;;;/q4*-2;;;;. The fourth-order valence-electron chi connectivity index (χ4n) is 11.2. The zero-order chi connectivity index (χ0) is 50.6. The molecular formula is C76H48Y4-8. The first-order valence-corrected chi connectivity index (χ1v) is 26.1. The molecule has 0 atom stereocenters. The van der Waals surface area contributed by atoms with Crippen molar-refractivity contribution in [2.45, 2.75) is 25.7 Å². The molecule has 0 N–H and O–H groups in total. The van der Waals surface area contributed by atoms with E-state index in [2.05, 4.69) is 218 Å². The Kier molecular flexibility index (Phi) is 20.8. The van der Waals surface area contributed by atoms with Gasteiger partial charge in [0, 0.05) is 131 Å². The van der Waals surface area contributed by atoms with E-state index in [4.69, 9.17) is 0 Å². The third-order valence-corrected chi connectivity index (χ3v) is 14.9. The van der Waals surface area contributed by atoms with Crippen molar-refractivity contribution in [1.29, 1.82) is 0 Å². The monoisotopic (exact) mass is 1320 g/mol. The summed E-state index contributed by atoms with van der Waals surface area (Å²) in [4.78, 5) is 0. The molecule has 0 spiro atoms. The number of benzene rings is 12. The van der Waals surface area contributed by atoms with Gasteiger partial charge in [-0.25, -0.2) is 38.9 Å². The molecule has 4 heteroatoms. The summed E-state index contributed by atoms with van der Waals surface area (Å²) >= 11 is 0. The van der Waals surface area contributed by atoms with Crippen molar-refractivity contribution in [3.05, 3.63) is 336 Å². The quantitative estimate of drug-likeness (QED) is 0.154. The fraction of sp³-hybridized carbons (Fsp3) is 0.0526. The molecule has 0 fully saturated rings. The van der Waals surface area contributed by atoms with Gasteiger partial charge in [0.15, 0.2) is 0 Å². The zero-order valence-corrected chi connectivity index (χ0v) is 55.6. The molecule has 0 bridgehead atoms. The Morgan fingerprint density at radius 2 is 0.700 bits per heavy atom. The smallest absolute Gasteiger partial charge is 0 e. The van der Waals surface area contributed by atoms with E-state index in [1.807, 2.05) is 72.8 Å². The van der Waals surface area contributed by atoms with E-state index < -0.39 is 0 Å². The number of fused-ring (bicyclic) bond motifs is 12. The van der Waals surface area contributed by atoms with Crippen LogP contribution in [0.25, 0.3) is 89.0 Å². The van der Waals surface area contributed by atoms with Crippen molar-refractivity contribution >= 4 is 0 Å². The normalized spacial score (nSPS) is 11.4. The van der Waals surface area contributed by atoms with Gasteiger partial charge in [0.1, 0.15) is 0 Å². The Bertz CT molecular complexity index is 3890. The van der Waals surface area contributed by atoms with Crippen LogP contribution in [0.15, 0.2) is 243 Å². The van der Waals surface area contributed by atoms with E-state index in [1.165, 1.54) is 94.6 Å². The van der Waals surface area contributed by atoms with Crippen molar-refractivity contribution in [2.24, 2.45) is 0 Å². The van der Waals surface area contributed by atoms with Crippen LogP contribution in [-0.2, 0) is 157 Å². The maximum Gasteiger partial charge on any atom is 0 e. The second-order valence-corrected chi connectivity index (χ2v) is 19.5. The van der Waals surface area contributed by atoms with Crippen molar-refractivity contribution in [1.82, 2.24) is 0 Å². The molecule has 0 heterocycles. The van der Waals surface area contributed by atoms with Gasteiger partial charge < -0.3 is 0 Å². The van der Waals surface area contributed by atoms with Crippen LogP contribution in [0.3, 0.4) is 0 Å². The van der Waals surface area contributed by atoms with Gasteiger partial charge in [-0.3, -0.25) is 0 Å². The summed E-state index contributed by atoms with van der Waals surface area (Å²) in [5.41, 5.74) is 30.8. The molecule has 16 rings (SSSR count). The molecule has 4 aliphatic carbocycles. The fourth-order valence-corrected chi connectivity index (χ4v) is 11.2. The summed E-state index contributed by atoms with van der Waals surface area (Å²) in [5, 5.41) is 0. The van der Waals surface area contributed by atoms with Gasteiger partial charge in [-0.1, -0.05) is 119 Å².